The summed E-state index contributed by atoms with van der Waals surface area (Å²) in [7, 11) is 0. The Balaban J connectivity index is 1.69. The second-order valence-electron chi connectivity index (χ2n) is 5.12. The minimum Gasteiger partial charge on any atom is -0.411 e. The molecule has 25 heavy (non-hydrogen) atoms. The Morgan fingerprint density at radius 2 is 1.88 bits per heavy atom. The Labute approximate surface area is 152 Å². The summed E-state index contributed by atoms with van der Waals surface area (Å²) in [5, 5.41) is 19.7. The fraction of sp³-hybridized carbons (Fsp3) is 0. The van der Waals surface area contributed by atoms with E-state index in [1.165, 1.54) is 11.8 Å². The monoisotopic (exact) mass is 364 g/mol. The van der Waals surface area contributed by atoms with E-state index in [4.69, 9.17) is 16.0 Å². The molecule has 0 aliphatic carbocycles. The second kappa shape index (κ2) is 6.55. The molecule has 0 aliphatic heterocycles. The minimum absolute atomic E-state index is 0.364. The Morgan fingerprint density at radius 1 is 1.04 bits per heavy atom. The summed E-state index contributed by atoms with van der Waals surface area (Å²) in [5.41, 5.74) is 2.03. The third kappa shape index (κ3) is 3.20. The maximum atomic E-state index is 9.39. The highest BCUT2D eigenvalue weighted by atomic mass is 35.5. The molecule has 2 aromatic carbocycles. The number of pyridine rings is 1. The normalized spacial score (nSPS) is 10.7. The highest BCUT2D eigenvalue weighted by molar-refractivity contribution is 7.99. The standard InChI is InChI=1S/C18H9ClN4OS/c19-13-6-7-15-14(9-13)12(10-20)8-16(21-15)25-18-23-22-17(24-18)11-4-2-1-3-5-11/h1-9H. The van der Waals surface area contributed by atoms with Gasteiger partial charge in [-0.3, -0.25) is 0 Å². The third-order valence-electron chi connectivity index (χ3n) is 3.49. The lowest BCUT2D eigenvalue weighted by atomic mass is 10.1. The zero-order valence-electron chi connectivity index (χ0n) is 12.7. The van der Waals surface area contributed by atoms with E-state index in [-0.39, 0.29) is 0 Å². The number of hydrogen-bond donors (Lipinski definition) is 0. The third-order valence-corrected chi connectivity index (χ3v) is 4.48. The molecule has 0 amide bonds. The zero-order valence-corrected chi connectivity index (χ0v) is 14.3. The molecule has 0 radical (unpaired) electrons. The van der Waals surface area contributed by atoms with E-state index in [0.717, 1.165) is 10.9 Å². The quantitative estimate of drug-likeness (QED) is 0.511. The van der Waals surface area contributed by atoms with Crippen LogP contribution in [0.3, 0.4) is 0 Å². The molecule has 2 aromatic heterocycles. The molecule has 4 rings (SSSR count). The van der Waals surface area contributed by atoms with Crippen LogP contribution in [0.15, 0.2) is 69.3 Å². The number of nitriles is 1. The van der Waals surface area contributed by atoms with Gasteiger partial charge >= 0.3 is 0 Å². The Hall–Kier alpha value is -2.88. The molecule has 120 valence electrons. The van der Waals surface area contributed by atoms with Crippen LogP contribution in [0, 0.1) is 11.3 Å². The van der Waals surface area contributed by atoms with Gasteiger partial charge in [0.15, 0.2) is 0 Å². The zero-order chi connectivity index (χ0) is 17.2. The molecule has 4 aromatic rings. The van der Waals surface area contributed by atoms with Crippen molar-refractivity contribution < 1.29 is 4.42 Å². The van der Waals surface area contributed by atoms with Crippen LogP contribution >= 0.6 is 23.4 Å². The van der Waals surface area contributed by atoms with Crippen LogP contribution in [0.1, 0.15) is 5.56 Å². The van der Waals surface area contributed by atoms with Gasteiger partial charge in [-0.05, 0) is 48.2 Å². The van der Waals surface area contributed by atoms with Gasteiger partial charge in [-0.1, -0.05) is 29.8 Å². The molecular weight excluding hydrogens is 356 g/mol. The number of rotatable bonds is 3. The van der Waals surface area contributed by atoms with E-state index in [1.807, 2.05) is 30.3 Å². The van der Waals surface area contributed by atoms with E-state index in [1.54, 1.807) is 24.3 Å². The van der Waals surface area contributed by atoms with Gasteiger partial charge < -0.3 is 4.42 Å². The van der Waals surface area contributed by atoms with Crippen molar-refractivity contribution in [3.05, 3.63) is 65.2 Å². The minimum atomic E-state index is 0.364. The molecule has 0 bridgehead atoms. The van der Waals surface area contributed by atoms with E-state index in [9.17, 15) is 5.26 Å². The molecule has 0 atom stereocenters. The Morgan fingerprint density at radius 3 is 2.68 bits per heavy atom. The highest BCUT2D eigenvalue weighted by Gasteiger charge is 2.13. The lowest BCUT2D eigenvalue weighted by molar-refractivity contribution is 0.465. The Kier molecular flexibility index (Phi) is 4.10. The van der Waals surface area contributed by atoms with Crippen LogP contribution in [0.2, 0.25) is 5.02 Å². The van der Waals surface area contributed by atoms with Gasteiger partial charge in [0.2, 0.25) is 5.89 Å². The maximum absolute atomic E-state index is 9.39. The van der Waals surface area contributed by atoms with Gasteiger partial charge in [-0.25, -0.2) is 4.98 Å². The van der Waals surface area contributed by atoms with E-state index >= 15 is 0 Å². The summed E-state index contributed by atoms with van der Waals surface area (Å²) in [6.07, 6.45) is 0. The average molecular weight is 365 g/mol. The van der Waals surface area contributed by atoms with Gasteiger partial charge in [0.1, 0.15) is 5.03 Å². The fourth-order valence-corrected chi connectivity index (χ4v) is 3.23. The second-order valence-corrected chi connectivity index (χ2v) is 6.53. The molecule has 0 saturated heterocycles. The van der Waals surface area contributed by atoms with Crippen molar-refractivity contribution in [1.82, 2.24) is 15.2 Å². The summed E-state index contributed by atoms with van der Waals surface area (Å²) in [6, 6.07) is 18.6. The molecule has 0 aliphatic rings. The topological polar surface area (TPSA) is 75.6 Å². The van der Waals surface area contributed by atoms with E-state index in [2.05, 4.69) is 21.3 Å². The molecule has 0 fully saturated rings. The average Bonchev–Trinajstić information content (AvgIpc) is 3.10. The summed E-state index contributed by atoms with van der Waals surface area (Å²) >= 11 is 7.22. The first-order valence-corrected chi connectivity index (χ1v) is 8.49. The summed E-state index contributed by atoms with van der Waals surface area (Å²) in [6.45, 7) is 0. The van der Waals surface area contributed by atoms with Crippen LogP contribution < -0.4 is 0 Å². The van der Waals surface area contributed by atoms with Crippen molar-refractivity contribution in [2.45, 2.75) is 10.2 Å². The first-order chi connectivity index (χ1) is 12.2. The van der Waals surface area contributed by atoms with Gasteiger partial charge in [0.25, 0.3) is 5.22 Å². The van der Waals surface area contributed by atoms with Crippen LogP contribution in [-0.4, -0.2) is 15.2 Å². The van der Waals surface area contributed by atoms with Gasteiger partial charge in [-0.15, -0.1) is 10.2 Å². The number of hydrogen-bond acceptors (Lipinski definition) is 6. The maximum Gasteiger partial charge on any atom is 0.283 e. The lowest BCUT2D eigenvalue weighted by Gasteiger charge is -2.03. The van der Waals surface area contributed by atoms with Crippen molar-refractivity contribution in [1.29, 1.82) is 5.26 Å². The number of fused-ring (bicyclic) bond motifs is 1. The molecule has 0 saturated carbocycles. The van der Waals surface area contributed by atoms with Gasteiger partial charge in [0, 0.05) is 16.0 Å². The first-order valence-electron chi connectivity index (χ1n) is 7.30. The highest BCUT2D eigenvalue weighted by Crippen LogP contribution is 2.31. The lowest BCUT2D eigenvalue weighted by Crippen LogP contribution is -1.88. The molecule has 0 spiro atoms. The number of aromatic nitrogens is 3. The van der Waals surface area contributed by atoms with Crippen molar-refractivity contribution in [2.75, 3.05) is 0 Å². The van der Waals surface area contributed by atoms with Crippen LogP contribution in [0.5, 0.6) is 0 Å². The summed E-state index contributed by atoms with van der Waals surface area (Å²) in [5.74, 6) is 0.441. The smallest absolute Gasteiger partial charge is 0.283 e. The van der Waals surface area contributed by atoms with E-state index < -0.39 is 0 Å². The number of nitrogens with zero attached hydrogens (tertiary/aromatic N) is 4. The van der Waals surface area contributed by atoms with Crippen LogP contribution in [-0.2, 0) is 0 Å². The molecule has 7 heteroatoms. The van der Waals surface area contributed by atoms with Crippen LogP contribution in [0.25, 0.3) is 22.4 Å². The molecule has 0 unspecified atom stereocenters. The van der Waals surface area contributed by atoms with Crippen molar-refractivity contribution in [3.8, 4) is 17.5 Å². The van der Waals surface area contributed by atoms with Crippen LogP contribution in [0.4, 0.5) is 0 Å². The Bertz CT molecular complexity index is 1110. The van der Waals surface area contributed by atoms with Gasteiger partial charge in [0.05, 0.1) is 17.1 Å². The van der Waals surface area contributed by atoms with Crippen molar-refractivity contribution >= 4 is 34.3 Å². The molecule has 0 N–H and O–H groups in total. The molecule has 5 nitrogen and oxygen atoms in total. The molecular formula is C18H9ClN4OS. The number of halogens is 1. The summed E-state index contributed by atoms with van der Waals surface area (Å²) < 4.78 is 5.68. The van der Waals surface area contributed by atoms with Gasteiger partial charge in [-0.2, -0.15) is 5.26 Å². The number of benzene rings is 2. The van der Waals surface area contributed by atoms with Crippen molar-refractivity contribution in [2.24, 2.45) is 0 Å². The van der Waals surface area contributed by atoms with Crippen molar-refractivity contribution in [3.63, 3.8) is 0 Å². The summed E-state index contributed by atoms with van der Waals surface area (Å²) in [4.78, 5) is 4.53. The SMILES string of the molecule is N#Cc1cc(Sc2nnc(-c3ccccc3)o2)nc2ccc(Cl)cc12. The predicted molar refractivity (Wildman–Crippen MR) is 95.3 cm³/mol. The van der Waals surface area contributed by atoms with E-state index in [0.29, 0.717) is 32.2 Å². The fourth-order valence-electron chi connectivity index (χ4n) is 2.36. The molecule has 2 heterocycles. The predicted octanol–water partition coefficient (Wildman–Crippen LogP) is 4.96. The largest absolute Gasteiger partial charge is 0.411 e. The first kappa shape index (κ1) is 15.6.